The van der Waals surface area contributed by atoms with Gasteiger partial charge >= 0.3 is 0 Å². The number of aromatic nitrogens is 1. The molecule has 0 saturated carbocycles. The predicted octanol–water partition coefficient (Wildman–Crippen LogP) is 8.14. The molecule has 42 heavy (non-hydrogen) atoms. The monoisotopic (exact) mass is 588 g/mol. The molecule has 2 aromatic heterocycles. The summed E-state index contributed by atoms with van der Waals surface area (Å²) in [7, 11) is 0. The van der Waals surface area contributed by atoms with Crippen molar-refractivity contribution in [3.63, 3.8) is 0 Å². The summed E-state index contributed by atoms with van der Waals surface area (Å²) in [5.74, 6) is 1.17. The second-order valence-corrected chi connectivity index (χ2v) is 12.1. The van der Waals surface area contributed by atoms with Gasteiger partial charge in [-0.25, -0.2) is 4.98 Å². The average Bonchev–Trinajstić information content (AvgIpc) is 3.74. The lowest BCUT2D eigenvalue weighted by Gasteiger charge is -2.07. The van der Waals surface area contributed by atoms with Crippen molar-refractivity contribution < 1.29 is 19.1 Å². The number of nitrogens with zero attached hydrogens (tertiary/aromatic N) is 1. The van der Waals surface area contributed by atoms with E-state index in [1.165, 1.54) is 0 Å². The molecule has 1 amide bonds. The normalized spacial score (nSPS) is 12.0. The first-order valence-electron chi connectivity index (χ1n) is 13.4. The Bertz CT molecular complexity index is 1930. The molecule has 0 fully saturated rings. The van der Waals surface area contributed by atoms with Gasteiger partial charge in [-0.1, -0.05) is 60.7 Å². The number of carbonyl (C=O) groups excluding carboxylic acids is 2. The number of hydrogen-bond donors (Lipinski definition) is 1. The Balaban J connectivity index is 1.21. The molecule has 0 bridgehead atoms. The number of para-hydroxylation sites is 1. The zero-order chi connectivity index (χ0) is 28.6. The standard InChI is InChI=1S/C34H24N2O4S2/c1-20-29(18-21-11-16-26-27(17-21)40-19-39-26)42-34(30(20)33-35-25-9-5-6-10-28(25)41-33)36-32(38)24-14-12-23(13-15-24)31(37)22-7-3-2-4-8-22/h2-17H,18-19H2,1H3,(H,36,38). The number of nitrogens with one attached hydrogen (secondary N) is 1. The van der Waals surface area contributed by atoms with Gasteiger partial charge in [-0.15, -0.1) is 22.7 Å². The third-order valence-corrected chi connectivity index (χ3v) is 9.49. The highest BCUT2D eigenvalue weighted by Crippen LogP contribution is 2.44. The van der Waals surface area contributed by atoms with Gasteiger partial charge in [0.1, 0.15) is 10.0 Å². The first-order valence-corrected chi connectivity index (χ1v) is 15.0. The van der Waals surface area contributed by atoms with E-state index in [0.29, 0.717) is 23.1 Å². The first kappa shape index (κ1) is 26.1. The Morgan fingerprint density at radius 2 is 1.52 bits per heavy atom. The number of ketones is 1. The second kappa shape index (κ2) is 10.9. The van der Waals surface area contributed by atoms with Crippen LogP contribution in [0, 0.1) is 6.92 Å². The number of anilines is 1. The van der Waals surface area contributed by atoms with E-state index >= 15 is 0 Å². The van der Waals surface area contributed by atoms with Crippen LogP contribution < -0.4 is 14.8 Å². The van der Waals surface area contributed by atoms with Crippen LogP contribution >= 0.6 is 22.7 Å². The molecular weight excluding hydrogens is 565 g/mol. The van der Waals surface area contributed by atoms with Crippen LogP contribution in [0.25, 0.3) is 20.8 Å². The van der Waals surface area contributed by atoms with Gasteiger partial charge in [-0.05, 0) is 54.4 Å². The van der Waals surface area contributed by atoms with E-state index in [-0.39, 0.29) is 18.5 Å². The van der Waals surface area contributed by atoms with Gasteiger partial charge < -0.3 is 14.8 Å². The highest BCUT2D eigenvalue weighted by atomic mass is 32.1. The highest BCUT2D eigenvalue weighted by molar-refractivity contribution is 7.23. The van der Waals surface area contributed by atoms with E-state index in [1.807, 2.05) is 54.6 Å². The third-order valence-electron chi connectivity index (χ3n) is 7.23. The Labute approximate surface area is 250 Å². The fourth-order valence-corrected chi connectivity index (χ4v) is 7.37. The zero-order valence-corrected chi connectivity index (χ0v) is 24.2. The Morgan fingerprint density at radius 3 is 2.33 bits per heavy atom. The number of benzene rings is 4. The lowest BCUT2D eigenvalue weighted by molar-refractivity contribution is 0.102. The Hall–Kier alpha value is -4.79. The topological polar surface area (TPSA) is 77.5 Å². The number of thiophene rings is 1. The molecule has 1 aliphatic heterocycles. The molecule has 8 heteroatoms. The van der Waals surface area contributed by atoms with Crippen LogP contribution in [0.5, 0.6) is 11.5 Å². The van der Waals surface area contributed by atoms with Crippen LogP contribution in [0.1, 0.15) is 42.3 Å². The molecule has 0 atom stereocenters. The van der Waals surface area contributed by atoms with Gasteiger partial charge in [0, 0.05) is 33.6 Å². The maximum atomic E-state index is 13.5. The highest BCUT2D eigenvalue weighted by Gasteiger charge is 2.23. The van der Waals surface area contributed by atoms with E-state index in [1.54, 1.807) is 59.1 Å². The van der Waals surface area contributed by atoms with Crippen LogP contribution in [0.4, 0.5) is 5.00 Å². The summed E-state index contributed by atoms with van der Waals surface area (Å²) in [6.07, 6.45) is 0.678. The number of fused-ring (bicyclic) bond motifs is 2. The van der Waals surface area contributed by atoms with Gasteiger partial charge in [-0.3, -0.25) is 9.59 Å². The lowest BCUT2D eigenvalue weighted by atomic mass is 10.0. The molecule has 0 unspecified atom stereocenters. The predicted molar refractivity (Wildman–Crippen MR) is 167 cm³/mol. The molecule has 0 aliphatic carbocycles. The van der Waals surface area contributed by atoms with Crippen molar-refractivity contribution in [2.45, 2.75) is 13.3 Å². The fourth-order valence-electron chi connectivity index (χ4n) is 4.99. The first-order chi connectivity index (χ1) is 20.5. The van der Waals surface area contributed by atoms with E-state index in [2.05, 4.69) is 18.3 Å². The molecule has 6 aromatic rings. The summed E-state index contributed by atoms with van der Waals surface area (Å²) < 4.78 is 12.1. The molecule has 4 aromatic carbocycles. The SMILES string of the molecule is Cc1c(Cc2ccc3c(c2)OCO3)sc(NC(=O)c2ccc(C(=O)c3ccccc3)cc2)c1-c1nc2ccccc2s1. The van der Waals surface area contributed by atoms with Crippen molar-refractivity contribution in [1.82, 2.24) is 4.98 Å². The summed E-state index contributed by atoms with van der Waals surface area (Å²) in [5.41, 5.74) is 5.65. The van der Waals surface area contributed by atoms with E-state index < -0.39 is 0 Å². The number of carbonyl (C=O) groups is 2. The third kappa shape index (κ3) is 4.95. The second-order valence-electron chi connectivity index (χ2n) is 9.93. The van der Waals surface area contributed by atoms with Crippen LogP contribution in [0.3, 0.4) is 0 Å². The smallest absolute Gasteiger partial charge is 0.256 e. The Kier molecular flexibility index (Phi) is 6.77. The van der Waals surface area contributed by atoms with Crippen molar-refractivity contribution >= 4 is 49.6 Å². The molecule has 1 aliphatic rings. The van der Waals surface area contributed by atoms with Gasteiger partial charge in [0.05, 0.1) is 10.2 Å². The summed E-state index contributed by atoms with van der Waals surface area (Å²) in [6, 6.07) is 29.9. The maximum Gasteiger partial charge on any atom is 0.256 e. The lowest BCUT2D eigenvalue weighted by Crippen LogP contribution is -2.12. The molecule has 0 spiro atoms. The molecule has 6 nitrogen and oxygen atoms in total. The summed E-state index contributed by atoms with van der Waals surface area (Å²) in [6.45, 7) is 2.32. The van der Waals surface area contributed by atoms with Gasteiger partial charge in [0.2, 0.25) is 6.79 Å². The van der Waals surface area contributed by atoms with Crippen LogP contribution in [-0.4, -0.2) is 23.5 Å². The number of ether oxygens (including phenoxy) is 2. The molecule has 0 radical (unpaired) electrons. The van der Waals surface area contributed by atoms with Gasteiger partial charge in [0.15, 0.2) is 17.3 Å². The number of amides is 1. The van der Waals surface area contributed by atoms with E-state index in [9.17, 15) is 9.59 Å². The van der Waals surface area contributed by atoms with Crippen molar-refractivity contribution in [1.29, 1.82) is 0 Å². The minimum Gasteiger partial charge on any atom is -0.454 e. The summed E-state index contributed by atoms with van der Waals surface area (Å²) in [5, 5.41) is 4.76. The molecule has 3 heterocycles. The quantitative estimate of drug-likeness (QED) is 0.191. The summed E-state index contributed by atoms with van der Waals surface area (Å²) >= 11 is 3.17. The van der Waals surface area contributed by atoms with Crippen molar-refractivity contribution in [3.05, 3.63) is 130 Å². The zero-order valence-electron chi connectivity index (χ0n) is 22.5. The minimum atomic E-state index is -0.244. The maximum absolute atomic E-state index is 13.5. The molecule has 1 N–H and O–H groups in total. The van der Waals surface area contributed by atoms with Gasteiger partial charge in [-0.2, -0.15) is 0 Å². The van der Waals surface area contributed by atoms with Crippen molar-refractivity contribution in [3.8, 4) is 22.1 Å². The van der Waals surface area contributed by atoms with Crippen molar-refractivity contribution in [2.24, 2.45) is 0 Å². The van der Waals surface area contributed by atoms with E-state index in [4.69, 9.17) is 14.5 Å². The minimum absolute atomic E-state index is 0.0808. The van der Waals surface area contributed by atoms with Crippen LogP contribution in [0.2, 0.25) is 0 Å². The van der Waals surface area contributed by atoms with E-state index in [0.717, 1.165) is 53.3 Å². The molecule has 206 valence electrons. The summed E-state index contributed by atoms with van der Waals surface area (Å²) in [4.78, 5) is 32.4. The molecule has 7 rings (SSSR count). The number of thiazole rings is 1. The number of hydrogen-bond acceptors (Lipinski definition) is 7. The molecule has 0 saturated heterocycles. The van der Waals surface area contributed by atoms with Gasteiger partial charge in [0.25, 0.3) is 5.91 Å². The van der Waals surface area contributed by atoms with Crippen molar-refractivity contribution in [2.75, 3.05) is 12.1 Å². The van der Waals surface area contributed by atoms with Crippen LogP contribution in [-0.2, 0) is 6.42 Å². The largest absolute Gasteiger partial charge is 0.454 e. The molecular formula is C34H24N2O4S2. The fraction of sp³-hybridized carbons (Fsp3) is 0.0882. The Morgan fingerprint density at radius 1 is 0.810 bits per heavy atom. The number of rotatable bonds is 7. The average molecular weight is 589 g/mol. The van der Waals surface area contributed by atoms with Crippen LogP contribution in [0.15, 0.2) is 97.1 Å².